The molecule has 3 saturated heterocycles. The van der Waals surface area contributed by atoms with Crippen LogP contribution in [0.2, 0.25) is 0 Å². The van der Waals surface area contributed by atoms with Crippen molar-refractivity contribution in [3.8, 4) is 0 Å². The van der Waals surface area contributed by atoms with Crippen molar-refractivity contribution in [2.45, 2.75) is 161 Å². The van der Waals surface area contributed by atoms with Crippen molar-refractivity contribution in [1.82, 2.24) is 0 Å². The highest BCUT2D eigenvalue weighted by Gasteiger charge is 2.68. The molecule has 9 atom stereocenters. The van der Waals surface area contributed by atoms with Crippen LogP contribution >= 0.6 is 0 Å². The molecule has 0 aromatic rings. The van der Waals surface area contributed by atoms with Gasteiger partial charge in [0.2, 0.25) is 0 Å². The lowest BCUT2D eigenvalue weighted by molar-refractivity contribution is -0.253. The zero-order chi connectivity index (χ0) is 25.7. The Kier molecular flexibility index (Phi) is 5.98. The summed E-state index contributed by atoms with van der Waals surface area (Å²) in [5.41, 5.74) is -1.70. The Morgan fingerprint density at radius 3 is 1.94 bits per heavy atom. The Balaban J connectivity index is 1.47. The summed E-state index contributed by atoms with van der Waals surface area (Å²) < 4.78 is 20.7. The summed E-state index contributed by atoms with van der Waals surface area (Å²) in [6.07, 6.45) is 9.36. The number of ketones is 1. The van der Waals surface area contributed by atoms with E-state index in [4.69, 9.17) is 14.2 Å². The minimum absolute atomic E-state index is 0.00892. The summed E-state index contributed by atoms with van der Waals surface area (Å²) in [6.45, 7) is 17.6. The summed E-state index contributed by atoms with van der Waals surface area (Å²) in [6, 6.07) is 0. The third-order valence-corrected chi connectivity index (χ3v) is 12.3. The van der Waals surface area contributed by atoms with Gasteiger partial charge in [0.25, 0.3) is 0 Å². The van der Waals surface area contributed by atoms with Crippen molar-refractivity contribution < 1.29 is 24.1 Å². The fraction of sp³-hybridized carbons (Fsp3) is 0.967. The largest absolute Gasteiger partial charge is 0.390 e. The first kappa shape index (κ1) is 26.1. The van der Waals surface area contributed by atoms with Crippen LogP contribution in [-0.2, 0) is 19.0 Å². The highest BCUT2D eigenvalue weighted by atomic mass is 16.5. The van der Waals surface area contributed by atoms with E-state index >= 15 is 0 Å². The van der Waals surface area contributed by atoms with Gasteiger partial charge in [-0.3, -0.25) is 4.79 Å². The predicted octanol–water partition coefficient (Wildman–Crippen LogP) is 5.99. The monoisotopic (exact) mass is 490 g/mol. The third-order valence-electron chi connectivity index (χ3n) is 12.3. The molecule has 0 aromatic heterocycles. The van der Waals surface area contributed by atoms with Gasteiger partial charge in [-0.2, -0.15) is 0 Å². The maximum absolute atomic E-state index is 12.9. The Hall–Kier alpha value is -0.490. The molecule has 2 saturated carbocycles. The number of hydrogen-bond donors (Lipinski definition) is 1. The Bertz CT molecular complexity index is 867. The van der Waals surface area contributed by atoms with Gasteiger partial charge in [0.05, 0.1) is 35.6 Å². The fourth-order valence-corrected chi connectivity index (χ4v) is 9.19. The molecule has 1 N–H and O–H groups in total. The van der Waals surface area contributed by atoms with Crippen LogP contribution in [0.3, 0.4) is 0 Å². The second-order valence-corrected chi connectivity index (χ2v) is 14.6. The number of carbonyl (C=O) groups is 1. The highest BCUT2D eigenvalue weighted by molar-refractivity contribution is 5.86. The molecular formula is C30H50O5. The van der Waals surface area contributed by atoms with Crippen LogP contribution in [0.4, 0.5) is 0 Å². The van der Waals surface area contributed by atoms with Gasteiger partial charge >= 0.3 is 0 Å². The summed E-state index contributed by atoms with van der Waals surface area (Å²) in [5, 5.41) is 10.8. The number of fused-ring (bicyclic) bond motifs is 3. The van der Waals surface area contributed by atoms with E-state index in [-0.39, 0.29) is 45.9 Å². The minimum Gasteiger partial charge on any atom is -0.390 e. The molecule has 5 heteroatoms. The van der Waals surface area contributed by atoms with E-state index in [0.29, 0.717) is 12.3 Å². The molecule has 9 unspecified atom stereocenters. The van der Waals surface area contributed by atoms with Crippen molar-refractivity contribution in [3.05, 3.63) is 0 Å². The Morgan fingerprint density at radius 2 is 1.26 bits per heavy atom. The molecule has 5 rings (SSSR count). The molecule has 1 spiro atoms. The lowest BCUT2D eigenvalue weighted by Crippen LogP contribution is -2.61. The van der Waals surface area contributed by atoms with Gasteiger partial charge in [-0.1, -0.05) is 27.7 Å². The SMILES string of the molecule is CC1CCC2OC(C)(C)C(=O)CCC2(C)C12CCC(C1(C)CCC3OC(C)(C)C(O)CCC31C)O2. The van der Waals surface area contributed by atoms with E-state index in [1.165, 1.54) is 0 Å². The Morgan fingerprint density at radius 1 is 0.686 bits per heavy atom. The van der Waals surface area contributed by atoms with Gasteiger partial charge < -0.3 is 19.3 Å². The zero-order valence-corrected chi connectivity index (χ0v) is 23.5. The van der Waals surface area contributed by atoms with E-state index in [1.807, 2.05) is 27.7 Å². The van der Waals surface area contributed by atoms with E-state index in [0.717, 1.165) is 57.8 Å². The predicted molar refractivity (Wildman–Crippen MR) is 136 cm³/mol. The minimum atomic E-state index is -0.717. The normalized spacial score (nSPS) is 53.6. The quantitative estimate of drug-likeness (QED) is 0.489. The first-order valence-corrected chi connectivity index (χ1v) is 14.4. The molecule has 0 bridgehead atoms. The van der Waals surface area contributed by atoms with E-state index < -0.39 is 17.3 Å². The standard InChI is InChI=1S/C30H50O5/c1-19-9-10-22-29(8,16-12-21(32)25(2,3)33-22)30(19)18-14-24(35-30)28(7)17-13-23-27(28,6)15-11-20(31)26(4,5)34-23/h19-20,22-24,31H,9-18H2,1-8H3. The van der Waals surface area contributed by atoms with Crippen LogP contribution in [0.5, 0.6) is 0 Å². The van der Waals surface area contributed by atoms with E-state index in [9.17, 15) is 9.90 Å². The summed E-state index contributed by atoms with van der Waals surface area (Å²) in [4.78, 5) is 12.9. The number of ether oxygens (including phenoxy) is 3. The molecule has 200 valence electrons. The van der Waals surface area contributed by atoms with Crippen LogP contribution < -0.4 is 0 Å². The summed E-state index contributed by atoms with van der Waals surface area (Å²) in [7, 11) is 0. The average Bonchev–Trinajstić information content (AvgIpc) is 3.29. The second kappa shape index (κ2) is 8.01. The molecule has 0 radical (unpaired) electrons. The molecule has 3 aliphatic heterocycles. The highest BCUT2D eigenvalue weighted by Crippen LogP contribution is 2.67. The fourth-order valence-electron chi connectivity index (χ4n) is 9.19. The first-order chi connectivity index (χ1) is 16.1. The topological polar surface area (TPSA) is 65.0 Å². The number of hydrogen-bond acceptors (Lipinski definition) is 5. The average molecular weight is 491 g/mol. The zero-order valence-electron chi connectivity index (χ0n) is 23.5. The van der Waals surface area contributed by atoms with Crippen molar-refractivity contribution in [1.29, 1.82) is 0 Å². The van der Waals surface area contributed by atoms with E-state index in [2.05, 4.69) is 27.7 Å². The maximum Gasteiger partial charge on any atom is 0.164 e. The maximum atomic E-state index is 12.9. The van der Waals surface area contributed by atoms with Gasteiger partial charge in [-0.25, -0.2) is 0 Å². The van der Waals surface area contributed by atoms with E-state index in [1.54, 1.807) is 0 Å². The van der Waals surface area contributed by atoms with Crippen molar-refractivity contribution >= 4 is 5.78 Å². The molecule has 35 heavy (non-hydrogen) atoms. The van der Waals surface area contributed by atoms with Crippen molar-refractivity contribution in [2.24, 2.45) is 22.2 Å². The Labute approximate surface area is 213 Å². The van der Waals surface area contributed by atoms with Gasteiger partial charge in [0.15, 0.2) is 5.78 Å². The molecule has 5 aliphatic rings. The van der Waals surface area contributed by atoms with Crippen molar-refractivity contribution in [3.63, 3.8) is 0 Å². The molecule has 5 nitrogen and oxygen atoms in total. The number of carbonyl (C=O) groups excluding carboxylic acids is 1. The number of Topliss-reactive ketones (excluding diaryl/α,β-unsaturated/α-hetero) is 1. The molecule has 0 amide bonds. The van der Waals surface area contributed by atoms with Crippen molar-refractivity contribution in [2.75, 3.05) is 0 Å². The third kappa shape index (κ3) is 3.50. The van der Waals surface area contributed by atoms with Crippen LogP contribution in [0, 0.1) is 22.2 Å². The lowest BCUT2D eigenvalue weighted by Gasteiger charge is -2.58. The molecule has 2 aliphatic carbocycles. The lowest BCUT2D eigenvalue weighted by atomic mass is 9.55. The molecular weight excluding hydrogens is 440 g/mol. The number of rotatable bonds is 1. The summed E-state index contributed by atoms with van der Waals surface area (Å²) in [5.74, 6) is 0.661. The number of aliphatic hydroxyl groups excluding tert-OH is 1. The van der Waals surface area contributed by atoms with Crippen LogP contribution in [-0.4, -0.2) is 52.1 Å². The molecule has 3 heterocycles. The van der Waals surface area contributed by atoms with Gasteiger partial charge in [-0.05, 0) is 91.4 Å². The van der Waals surface area contributed by atoms with Crippen LogP contribution in [0.25, 0.3) is 0 Å². The van der Waals surface area contributed by atoms with Crippen LogP contribution in [0.15, 0.2) is 0 Å². The van der Waals surface area contributed by atoms with Gasteiger partial charge in [-0.15, -0.1) is 0 Å². The second-order valence-electron chi connectivity index (χ2n) is 14.6. The first-order valence-electron chi connectivity index (χ1n) is 14.4. The smallest absolute Gasteiger partial charge is 0.164 e. The summed E-state index contributed by atoms with van der Waals surface area (Å²) >= 11 is 0. The molecule has 0 aromatic carbocycles. The van der Waals surface area contributed by atoms with Gasteiger partial charge in [0, 0.05) is 22.7 Å². The van der Waals surface area contributed by atoms with Gasteiger partial charge in [0.1, 0.15) is 5.60 Å². The van der Waals surface area contributed by atoms with Crippen LogP contribution in [0.1, 0.15) is 120 Å². The number of aliphatic hydroxyl groups is 1. The molecule has 5 fully saturated rings.